The molecular weight excluding hydrogens is 295 g/mol. The molecule has 3 N–H and O–H groups in total. The lowest BCUT2D eigenvalue weighted by atomic mass is 10.2. The van der Waals surface area contributed by atoms with E-state index in [1.807, 2.05) is 0 Å². The van der Waals surface area contributed by atoms with Crippen molar-refractivity contribution in [3.05, 3.63) is 18.2 Å². The summed E-state index contributed by atoms with van der Waals surface area (Å²) in [5, 5.41) is 2.52. The molecule has 0 bridgehead atoms. The van der Waals surface area contributed by atoms with Gasteiger partial charge in [0, 0.05) is 20.6 Å². The second-order valence-corrected chi connectivity index (χ2v) is 6.48. The Hall–Kier alpha value is -1.48. The van der Waals surface area contributed by atoms with Crippen molar-refractivity contribution in [3.8, 4) is 0 Å². The van der Waals surface area contributed by atoms with Gasteiger partial charge in [-0.15, -0.1) is 0 Å². The molecule has 0 aliphatic rings. The standard InChI is InChI=1S/C11H16F3N3O2S/c1-17(2)20(18,19)8-3-4-10(9(15)7-8)16-6-5-11(12,13)14/h3-4,7,16H,5-6,15H2,1-2H3. The minimum Gasteiger partial charge on any atom is -0.397 e. The molecule has 0 saturated heterocycles. The van der Waals surface area contributed by atoms with Crippen LogP contribution in [0.25, 0.3) is 0 Å². The molecular formula is C11H16F3N3O2S. The molecule has 0 aromatic heterocycles. The highest BCUT2D eigenvalue weighted by Crippen LogP contribution is 2.25. The van der Waals surface area contributed by atoms with Crippen LogP contribution in [0.2, 0.25) is 0 Å². The Morgan fingerprint density at radius 3 is 2.35 bits per heavy atom. The molecule has 1 aromatic rings. The molecule has 0 spiro atoms. The van der Waals surface area contributed by atoms with Gasteiger partial charge in [-0.1, -0.05) is 0 Å². The number of hydrogen-bond acceptors (Lipinski definition) is 4. The van der Waals surface area contributed by atoms with E-state index < -0.39 is 22.6 Å². The Morgan fingerprint density at radius 1 is 1.30 bits per heavy atom. The molecule has 9 heteroatoms. The first kappa shape index (κ1) is 16.6. The number of anilines is 2. The van der Waals surface area contributed by atoms with Crippen LogP contribution >= 0.6 is 0 Å². The van der Waals surface area contributed by atoms with Gasteiger partial charge in [-0.3, -0.25) is 0 Å². The molecule has 114 valence electrons. The molecule has 1 aromatic carbocycles. The predicted octanol–water partition coefficient (Wildman–Crippen LogP) is 1.88. The van der Waals surface area contributed by atoms with Crippen molar-refractivity contribution in [2.45, 2.75) is 17.5 Å². The number of benzene rings is 1. The molecule has 5 nitrogen and oxygen atoms in total. The molecule has 20 heavy (non-hydrogen) atoms. The molecule has 0 amide bonds. The minimum atomic E-state index is -4.25. The number of halogens is 3. The smallest absolute Gasteiger partial charge is 0.390 e. The van der Waals surface area contributed by atoms with Crippen molar-refractivity contribution in [2.24, 2.45) is 0 Å². The number of nitrogens with two attached hydrogens (primary N) is 1. The van der Waals surface area contributed by atoms with Gasteiger partial charge in [0.05, 0.1) is 22.7 Å². The monoisotopic (exact) mass is 311 g/mol. The van der Waals surface area contributed by atoms with Gasteiger partial charge < -0.3 is 11.1 Å². The average molecular weight is 311 g/mol. The lowest BCUT2D eigenvalue weighted by molar-refractivity contribution is -0.131. The summed E-state index contributed by atoms with van der Waals surface area (Å²) in [5.74, 6) is 0. The number of rotatable bonds is 5. The second kappa shape index (κ2) is 5.88. The van der Waals surface area contributed by atoms with Gasteiger partial charge in [0.1, 0.15) is 0 Å². The third kappa shape index (κ3) is 4.27. The highest BCUT2D eigenvalue weighted by atomic mass is 32.2. The fourth-order valence-corrected chi connectivity index (χ4v) is 2.35. The molecule has 0 saturated carbocycles. The lowest BCUT2D eigenvalue weighted by Crippen LogP contribution is -2.22. The topological polar surface area (TPSA) is 75.4 Å². The zero-order valence-corrected chi connectivity index (χ0v) is 11.8. The van der Waals surface area contributed by atoms with Crippen molar-refractivity contribution in [1.29, 1.82) is 0 Å². The summed E-state index contributed by atoms with van der Waals surface area (Å²) in [6.45, 7) is -0.326. The van der Waals surface area contributed by atoms with E-state index in [-0.39, 0.29) is 22.8 Å². The zero-order valence-electron chi connectivity index (χ0n) is 11.0. The summed E-state index contributed by atoms with van der Waals surface area (Å²) < 4.78 is 60.7. The number of nitrogens with zero attached hydrogens (tertiary/aromatic N) is 1. The molecule has 0 heterocycles. The van der Waals surface area contributed by atoms with Crippen LogP contribution in [-0.2, 0) is 10.0 Å². The molecule has 0 unspecified atom stereocenters. The summed E-state index contributed by atoms with van der Waals surface area (Å²) in [4.78, 5) is -0.0126. The summed E-state index contributed by atoms with van der Waals surface area (Å²) >= 11 is 0. The summed E-state index contributed by atoms with van der Waals surface area (Å²) in [5.41, 5.74) is 5.99. The van der Waals surface area contributed by atoms with E-state index in [1.165, 1.54) is 32.3 Å². The number of nitrogen functional groups attached to an aromatic ring is 1. The van der Waals surface area contributed by atoms with Crippen LogP contribution in [0, 0.1) is 0 Å². The second-order valence-electron chi connectivity index (χ2n) is 4.33. The quantitative estimate of drug-likeness (QED) is 0.814. The van der Waals surface area contributed by atoms with Crippen LogP contribution in [0.1, 0.15) is 6.42 Å². The summed E-state index contributed by atoms with van der Waals surface area (Å²) in [6.07, 6.45) is -5.25. The first-order valence-electron chi connectivity index (χ1n) is 5.67. The van der Waals surface area contributed by atoms with E-state index in [0.29, 0.717) is 0 Å². The number of nitrogens with one attached hydrogen (secondary N) is 1. The maximum atomic E-state index is 12.0. The molecule has 0 aliphatic heterocycles. The van der Waals surface area contributed by atoms with Crippen LogP contribution in [0.3, 0.4) is 0 Å². The van der Waals surface area contributed by atoms with Gasteiger partial charge in [0.15, 0.2) is 0 Å². The van der Waals surface area contributed by atoms with E-state index in [1.54, 1.807) is 0 Å². The van der Waals surface area contributed by atoms with Crippen molar-refractivity contribution in [1.82, 2.24) is 4.31 Å². The van der Waals surface area contributed by atoms with Crippen LogP contribution < -0.4 is 11.1 Å². The van der Waals surface area contributed by atoms with Crippen molar-refractivity contribution >= 4 is 21.4 Å². The zero-order chi connectivity index (χ0) is 15.6. The van der Waals surface area contributed by atoms with Gasteiger partial charge >= 0.3 is 6.18 Å². The third-order valence-corrected chi connectivity index (χ3v) is 4.34. The average Bonchev–Trinajstić information content (AvgIpc) is 2.29. The van der Waals surface area contributed by atoms with E-state index in [4.69, 9.17) is 5.73 Å². The van der Waals surface area contributed by atoms with E-state index in [0.717, 1.165) is 4.31 Å². The maximum absolute atomic E-state index is 12.0. The van der Waals surface area contributed by atoms with Gasteiger partial charge in [-0.05, 0) is 18.2 Å². The van der Waals surface area contributed by atoms with Gasteiger partial charge in [0.2, 0.25) is 10.0 Å². The van der Waals surface area contributed by atoms with Gasteiger partial charge in [-0.25, -0.2) is 12.7 Å². The maximum Gasteiger partial charge on any atom is 0.390 e. The fraction of sp³-hybridized carbons (Fsp3) is 0.455. The largest absolute Gasteiger partial charge is 0.397 e. The van der Waals surface area contributed by atoms with Crippen LogP contribution in [0.5, 0.6) is 0 Å². The van der Waals surface area contributed by atoms with Crippen molar-refractivity contribution < 1.29 is 21.6 Å². The highest BCUT2D eigenvalue weighted by Gasteiger charge is 2.26. The van der Waals surface area contributed by atoms with Crippen LogP contribution in [0.4, 0.5) is 24.5 Å². The normalized spacial score (nSPS) is 12.7. The van der Waals surface area contributed by atoms with Crippen LogP contribution in [0.15, 0.2) is 23.1 Å². The molecule has 1 rings (SSSR count). The Kier molecular flexibility index (Phi) is 4.87. The van der Waals surface area contributed by atoms with Gasteiger partial charge in [-0.2, -0.15) is 13.2 Å². The Labute approximate surface area is 115 Å². The fourth-order valence-electron chi connectivity index (χ4n) is 1.41. The van der Waals surface area contributed by atoms with E-state index in [2.05, 4.69) is 5.32 Å². The number of sulfonamides is 1. The number of hydrogen-bond donors (Lipinski definition) is 2. The minimum absolute atomic E-state index is 0.0126. The molecule has 0 atom stereocenters. The van der Waals surface area contributed by atoms with E-state index >= 15 is 0 Å². The lowest BCUT2D eigenvalue weighted by Gasteiger charge is -2.14. The van der Waals surface area contributed by atoms with Crippen molar-refractivity contribution in [2.75, 3.05) is 31.7 Å². The van der Waals surface area contributed by atoms with Crippen molar-refractivity contribution in [3.63, 3.8) is 0 Å². The first-order chi connectivity index (χ1) is 9.04. The Morgan fingerprint density at radius 2 is 1.90 bits per heavy atom. The SMILES string of the molecule is CN(C)S(=O)(=O)c1ccc(NCCC(F)(F)F)c(N)c1. The third-order valence-electron chi connectivity index (χ3n) is 2.53. The molecule has 0 fully saturated rings. The van der Waals surface area contributed by atoms with Gasteiger partial charge in [0.25, 0.3) is 0 Å². The summed E-state index contributed by atoms with van der Waals surface area (Å²) in [6, 6.07) is 3.86. The summed E-state index contributed by atoms with van der Waals surface area (Å²) in [7, 11) is -0.862. The number of alkyl halides is 3. The molecule has 0 radical (unpaired) electrons. The van der Waals surface area contributed by atoms with Crippen LogP contribution in [-0.4, -0.2) is 39.5 Å². The highest BCUT2D eigenvalue weighted by molar-refractivity contribution is 7.89. The predicted molar refractivity (Wildman–Crippen MR) is 70.9 cm³/mol. The Bertz CT molecular complexity index is 571. The first-order valence-corrected chi connectivity index (χ1v) is 7.11. The molecule has 0 aliphatic carbocycles. The Balaban J connectivity index is 2.85. The van der Waals surface area contributed by atoms with E-state index in [9.17, 15) is 21.6 Å².